The molecule has 0 saturated carbocycles. The molecule has 0 bridgehead atoms. The van der Waals surface area contributed by atoms with Crippen molar-refractivity contribution >= 4 is 17.6 Å². The number of rotatable bonds is 4. The first-order chi connectivity index (χ1) is 12.4. The van der Waals surface area contributed by atoms with Crippen molar-refractivity contribution in [2.75, 3.05) is 4.90 Å². The van der Waals surface area contributed by atoms with E-state index in [-0.39, 0.29) is 18.4 Å². The summed E-state index contributed by atoms with van der Waals surface area (Å²) < 4.78 is 10.5. The lowest BCUT2D eigenvalue weighted by Gasteiger charge is -2.36. The van der Waals surface area contributed by atoms with Gasteiger partial charge in [0, 0.05) is 17.3 Å². The van der Waals surface area contributed by atoms with Gasteiger partial charge < -0.3 is 14.2 Å². The first-order valence-electron chi connectivity index (χ1n) is 8.90. The molecule has 2 aromatic rings. The molecule has 1 aliphatic heterocycles. The maximum Gasteiger partial charge on any atom is 0.311 e. The summed E-state index contributed by atoms with van der Waals surface area (Å²) in [6.07, 6.45) is 1.03. The molecule has 0 N–H and O–H groups in total. The largest absolute Gasteiger partial charge is 0.452 e. The molecule has 6 heteroatoms. The van der Waals surface area contributed by atoms with E-state index in [1.165, 1.54) is 0 Å². The molecule has 0 unspecified atom stereocenters. The molecule has 1 aromatic carbocycles. The van der Waals surface area contributed by atoms with Crippen LogP contribution >= 0.6 is 0 Å². The number of aromatic nitrogens is 1. The Kier molecular flexibility index (Phi) is 5.11. The van der Waals surface area contributed by atoms with Crippen LogP contribution in [-0.2, 0) is 27.2 Å². The Labute approximate surface area is 153 Å². The molecular weight excluding hydrogens is 332 g/mol. The summed E-state index contributed by atoms with van der Waals surface area (Å²) in [6, 6.07) is 7.95. The fourth-order valence-electron chi connectivity index (χ4n) is 3.41. The molecule has 0 spiro atoms. The van der Waals surface area contributed by atoms with Gasteiger partial charge in [0.25, 0.3) is 5.91 Å². The van der Waals surface area contributed by atoms with Crippen molar-refractivity contribution in [1.82, 2.24) is 5.16 Å². The summed E-state index contributed by atoms with van der Waals surface area (Å²) in [5.41, 5.74) is 3.43. The minimum Gasteiger partial charge on any atom is -0.452 e. The average Bonchev–Trinajstić information content (AvgIpc) is 2.93. The van der Waals surface area contributed by atoms with Gasteiger partial charge in [0.2, 0.25) is 0 Å². The van der Waals surface area contributed by atoms with Gasteiger partial charge in [0.05, 0.1) is 12.1 Å². The normalized spacial score (nSPS) is 17.5. The number of ether oxygens (including phenoxy) is 1. The molecule has 2 heterocycles. The summed E-state index contributed by atoms with van der Waals surface area (Å²) in [4.78, 5) is 27.0. The van der Waals surface area contributed by atoms with Gasteiger partial charge in [-0.15, -0.1) is 0 Å². The Morgan fingerprint density at radius 1 is 1.35 bits per heavy atom. The van der Waals surface area contributed by atoms with Gasteiger partial charge in [-0.25, -0.2) is 0 Å². The van der Waals surface area contributed by atoms with E-state index in [0.29, 0.717) is 17.0 Å². The molecule has 2 atom stereocenters. The zero-order valence-corrected chi connectivity index (χ0v) is 15.6. The van der Waals surface area contributed by atoms with Crippen LogP contribution < -0.4 is 4.90 Å². The van der Waals surface area contributed by atoms with E-state index in [0.717, 1.165) is 24.1 Å². The topological polar surface area (TPSA) is 72.6 Å². The third-order valence-corrected chi connectivity index (χ3v) is 4.92. The van der Waals surface area contributed by atoms with Crippen LogP contribution in [0.15, 0.2) is 28.8 Å². The van der Waals surface area contributed by atoms with E-state index < -0.39 is 12.1 Å². The van der Waals surface area contributed by atoms with E-state index in [1.807, 2.05) is 31.2 Å². The Morgan fingerprint density at radius 3 is 2.77 bits per heavy atom. The number of nitrogens with zero attached hydrogens (tertiary/aromatic N) is 2. The van der Waals surface area contributed by atoms with Crippen molar-refractivity contribution in [1.29, 1.82) is 0 Å². The first kappa shape index (κ1) is 18.2. The SMILES string of the molecule is Cc1noc(C)c1CC(=O)O[C@@H](C)C(=O)N1c2ccccc2CC[C@H]1C. The zero-order valence-electron chi connectivity index (χ0n) is 15.6. The van der Waals surface area contributed by atoms with Crippen LogP contribution in [0.25, 0.3) is 0 Å². The number of amides is 1. The summed E-state index contributed by atoms with van der Waals surface area (Å²) in [6.45, 7) is 7.17. The van der Waals surface area contributed by atoms with E-state index in [2.05, 4.69) is 5.16 Å². The molecule has 0 saturated heterocycles. The highest BCUT2D eigenvalue weighted by Crippen LogP contribution is 2.31. The number of hydrogen-bond donors (Lipinski definition) is 0. The first-order valence-corrected chi connectivity index (χ1v) is 8.90. The number of para-hydroxylation sites is 1. The second-order valence-corrected chi connectivity index (χ2v) is 6.84. The number of fused-ring (bicyclic) bond motifs is 1. The van der Waals surface area contributed by atoms with Crippen LogP contribution in [0, 0.1) is 13.8 Å². The fourth-order valence-corrected chi connectivity index (χ4v) is 3.41. The number of esters is 1. The summed E-state index contributed by atoms with van der Waals surface area (Å²) in [5, 5.41) is 3.83. The second-order valence-electron chi connectivity index (χ2n) is 6.84. The molecule has 1 amide bonds. The quantitative estimate of drug-likeness (QED) is 0.787. The van der Waals surface area contributed by atoms with E-state index in [9.17, 15) is 9.59 Å². The Bertz CT molecular complexity index is 807. The molecule has 26 heavy (non-hydrogen) atoms. The number of aryl methyl sites for hydroxylation is 3. The van der Waals surface area contributed by atoms with Crippen molar-refractivity contribution in [3.05, 3.63) is 46.8 Å². The monoisotopic (exact) mass is 356 g/mol. The highest BCUT2D eigenvalue weighted by molar-refractivity contribution is 5.99. The predicted molar refractivity (Wildman–Crippen MR) is 96.9 cm³/mol. The van der Waals surface area contributed by atoms with Crippen LogP contribution in [0.1, 0.15) is 42.8 Å². The van der Waals surface area contributed by atoms with Crippen molar-refractivity contribution in [2.24, 2.45) is 0 Å². The zero-order chi connectivity index (χ0) is 18.8. The molecule has 6 nitrogen and oxygen atoms in total. The van der Waals surface area contributed by atoms with Crippen LogP contribution in [0.5, 0.6) is 0 Å². The van der Waals surface area contributed by atoms with Gasteiger partial charge in [-0.1, -0.05) is 23.4 Å². The van der Waals surface area contributed by atoms with E-state index in [4.69, 9.17) is 9.26 Å². The maximum absolute atomic E-state index is 13.0. The van der Waals surface area contributed by atoms with Gasteiger partial charge in [-0.2, -0.15) is 0 Å². The molecule has 138 valence electrons. The lowest BCUT2D eigenvalue weighted by molar-refractivity contribution is -0.153. The molecule has 1 aromatic heterocycles. The molecule has 1 aliphatic rings. The minimum atomic E-state index is -0.850. The maximum atomic E-state index is 13.0. The van der Waals surface area contributed by atoms with Crippen molar-refractivity contribution in [3.63, 3.8) is 0 Å². The molecule has 0 fully saturated rings. The Morgan fingerprint density at radius 2 is 2.08 bits per heavy atom. The number of anilines is 1. The van der Waals surface area contributed by atoms with Crippen molar-refractivity contribution in [3.8, 4) is 0 Å². The number of carbonyl (C=O) groups is 2. The van der Waals surface area contributed by atoms with Crippen LogP contribution in [0.2, 0.25) is 0 Å². The van der Waals surface area contributed by atoms with Crippen LogP contribution in [-0.4, -0.2) is 29.2 Å². The summed E-state index contributed by atoms with van der Waals surface area (Å²) >= 11 is 0. The summed E-state index contributed by atoms with van der Waals surface area (Å²) in [7, 11) is 0. The third kappa shape index (κ3) is 3.49. The van der Waals surface area contributed by atoms with E-state index in [1.54, 1.807) is 25.7 Å². The van der Waals surface area contributed by atoms with Gasteiger partial charge in [0.15, 0.2) is 6.10 Å². The molecular formula is C20H24N2O4. The van der Waals surface area contributed by atoms with Gasteiger partial charge in [-0.3, -0.25) is 9.59 Å². The van der Waals surface area contributed by atoms with E-state index >= 15 is 0 Å². The van der Waals surface area contributed by atoms with Gasteiger partial charge >= 0.3 is 5.97 Å². The van der Waals surface area contributed by atoms with Crippen molar-refractivity contribution < 1.29 is 18.8 Å². The average molecular weight is 356 g/mol. The molecule has 0 aliphatic carbocycles. The fraction of sp³-hybridized carbons (Fsp3) is 0.450. The molecule has 3 rings (SSSR count). The highest BCUT2D eigenvalue weighted by atomic mass is 16.5. The highest BCUT2D eigenvalue weighted by Gasteiger charge is 2.32. The number of benzene rings is 1. The number of carbonyl (C=O) groups excluding carboxylic acids is 2. The van der Waals surface area contributed by atoms with Gasteiger partial charge in [-0.05, 0) is 52.2 Å². The van der Waals surface area contributed by atoms with Crippen LogP contribution in [0.3, 0.4) is 0 Å². The molecule has 0 radical (unpaired) electrons. The standard InChI is InChI=1S/C20H24N2O4/c1-12-9-10-16-7-5-6-8-18(16)22(12)20(24)15(4)25-19(23)11-17-13(2)21-26-14(17)3/h5-8,12,15H,9-11H2,1-4H3/t12-,15+/m1/s1. The third-order valence-electron chi connectivity index (χ3n) is 4.92. The second kappa shape index (κ2) is 7.32. The van der Waals surface area contributed by atoms with Crippen molar-refractivity contribution in [2.45, 2.75) is 59.1 Å². The lowest BCUT2D eigenvalue weighted by Crippen LogP contribution is -2.47. The lowest BCUT2D eigenvalue weighted by atomic mass is 9.96. The smallest absolute Gasteiger partial charge is 0.311 e. The van der Waals surface area contributed by atoms with Crippen LogP contribution in [0.4, 0.5) is 5.69 Å². The predicted octanol–water partition coefficient (Wildman–Crippen LogP) is 3.13. The number of hydrogen-bond acceptors (Lipinski definition) is 5. The minimum absolute atomic E-state index is 0.0466. The Hall–Kier alpha value is -2.63. The van der Waals surface area contributed by atoms with Gasteiger partial charge in [0.1, 0.15) is 5.76 Å². The Balaban J connectivity index is 1.71. The summed E-state index contributed by atoms with van der Waals surface area (Å²) in [5.74, 6) is -0.0630.